The molecule has 0 aromatic heterocycles. The summed E-state index contributed by atoms with van der Waals surface area (Å²) in [5, 5.41) is 0. The molecular formula is C25H23F9N2O4. The molecule has 0 saturated heterocycles. The van der Waals surface area contributed by atoms with Gasteiger partial charge in [-0.05, 0) is 61.7 Å². The molecule has 0 bridgehead atoms. The molecule has 1 aliphatic rings. The normalized spacial score (nSPS) is 17.8. The maximum Gasteiger partial charge on any atom is 0.416 e. The quantitative estimate of drug-likeness (QED) is 0.343. The molecule has 3 rings (SSSR count). The van der Waals surface area contributed by atoms with E-state index < -0.39 is 71.6 Å². The Morgan fingerprint density at radius 1 is 0.900 bits per heavy atom. The van der Waals surface area contributed by atoms with Crippen LogP contribution in [0.4, 0.5) is 54.8 Å². The molecule has 2 aromatic rings. The lowest BCUT2D eigenvalue weighted by atomic mass is 9.89. The van der Waals surface area contributed by atoms with Crippen LogP contribution >= 0.6 is 0 Å². The van der Waals surface area contributed by atoms with Crippen molar-refractivity contribution in [3.63, 3.8) is 0 Å². The Balaban J connectivity index is 2.18. The van der Waals surface area contributed by atoms with Crippen molar-refractivity contribution in [3.8, 4) is 0 Å². The Labute approximate surface area is 222 Å². The number of methoxy groups -OCH3 is 1. The molecule has 0 spiro atoms. The van der Waals surface area contributed by atoms with Crippen LogP contribution in [-0.4, -0.2) is 36.8 Å². The predicted octanol–water partition coefficient (Wildman–Crippen LogP) is 7.81. The van der Waals surface area contributed by atoms with Crippen LogP contribution in [0.1, 0.15) is 54.1 Å². The lowest BCUT2D eigenvalue weighted by Crippen LogP contribution is -2.47. The van der Waals surface area contributed by atoms with E-state index in [9.17, 15) is 49.1 Å². The zero-order valence-electron chi connectivity index (χ0n) is 21.2. The van der Waals surface area contributed by atoms with Gasteiger partial charge in [-0.3, -0.25) is 9.80 Å². The number of anilines is 1. The topological polar surface area (TPSA) is 59.1 Å². The number of hydrogen-bond donors (Lipinski definition) is 0. The second kappa shape index (κ2) is 11.1. The van der Waals surface area contributed by atoms with Crippen LogP contribution in [0.2, 0.25) is 0 Å². The van der Waals surface area contributed by atoms with E-state index in [-0.39, 0.29) is 30.3 Å². The zero-order chi connectivity index (χ0) is 30.2. The Hall–Kier alpha value is -3.65. The Bertz CT molecular complexity index is 1230. The van der Waals surface area contributed by atoms with Crippen molar-refractivity contribution in [1.82, 2.24) is 4.90 Å². The van der Waals surface area contributed by atoms with Gasteiger partial charge in [-0.25, -0.2) is 9.59 Å². The van der Waals surface area contributed by atoms with Crippen molar-refractivity contribution in [2.45, 2.75) is 57.4 Å². The SMILES string of the molecule is CCOC(=O)N1c2cc(C(F)(F)F)ccc2[C@H](N(Cc2cc(C(F)(F)F)cc(C(F)(F)F)c2)C(=O)OC)C[C@@H]1C. The molecule has 2 atom stereocenters. The number of hydrogen-bond acceptors (Lipinski definition) is 4. The number of carbonyl (C=O) groups excluding carboxylic acids is 2. The van der Waals surface area contributed by atoms with E-state index in [2.05, 4.69) is 0 Å². The minimum absolute atomic E-state index is 0.0208. The highest BCUT2D eigenvalue weighted by Gasteiger charge is 2.42. The van der Waals surface area contributed by atoms with E-state index in [1.165, 1.54) is 13.8 Å². The fourth-order valence-corrected chi connectivity index (χ4v) is 4.50. The van der Waals surface area contributed by atoms with Crippen LogP contribution in [0.3, 0.4) is 0 Å². The van der Waals surface area contributed by atoms with Gasteiger partial charge in [0.15, 0.2) is 0 Å². The van der Waals surface area contributed by atoms with E-state index in [4.69, 9.17) is 9.47 Å². The molecule has 15 heteroatoms. The molecule has 6 nitrogen and oxygen atoms in total. The first-order valence-electron chi connectivity index (χ1n) is 11.7. The summed E-state index contributed by atoms with van der Waals surface area (Å²) >= 11 is 0. The first-order valence-corrected chi connectivity index (χ1v) is 11.7. The Morgan fingerprint density at radius 2 is 1.45 bits per heavy atom. The van der Waals surface area contributed by atoms with E-state index in [1.54, 1.807) is 0 Å². The summed E-state index contributed by atoms with van der Waals surface area (Å²) in [6.45, 7) is 1.99. The van der Waals surface area contributed by atoms with Crippen LogP contribution in [0.5, 0.6) is 0 Å². The molecular weight excluding hydrogens is 563 g/mol. The van der Waals surface area contributed by atoms with Gasteiger partial charge in [-0.2, -0.15) is 39.5 Å². The minimum atomic E-state index is -5.15. The van der Waals surface area contributed by atoms with Gasteiger partial charge < -0.3 is 9.47 Å². The molecule has 1 aliphatic heterocycles. The summed E-state index contributed by atoms with van der Waals surface area (Å²) in [4.78, 5) is 27.2. The number of carbonyl (C=O) groups is 2. The lowest BCUT2D eigenvalue weighted by molar-refractivity contribution is -0.143. The highest BCUT2D eigenvalue weighted by atomic mass is 19.4. The summed E-state index contributed by atoms with van der Waals surface area (Å²) in [6, 6.07) is 1.05. The molecule has 2 amide bonds. The third kappa shape index (κ3) is 6.55. The summed E-state index contributed by atoms with van der Waals surface area (Å²) in [6.07, 6.45) is -17.4. The van der Waals surface area contributed by atoms with E-state index in [0.29, 0.717) is 24.3 Å². The van der Waals surface area contributed by atoms with E-state index >= 15 is 0 Å². The van der Waals surface area contributed by atoms with Crippen LogP contribution in [0.25, 0.3) is 0 Å². The molecule has 2 aromatic carbocycles. The van der Waals surface area contributed by atoms with Crippen molar-refractivity contribution in [2.24, 2.45) is 0 Å². The van der Waals surface area contributed by atoms with Crippen molar-refractivity contribution in [2.75, 3.05) is 18.6 Å². The molecule has 220 valence electrons. The van der Waals surface area contributed by atoms with Crippen molar-refractivity contribution < 1.29 is 58.6 Å². The fraction of sp³-hybridized carbons (Fsp3) is 0.440. The standard InChI is InChI=1S/C25H23F9N2O4/c1-4-40-22(38)36-13(2)7-19(18-6-5-15(11-20(18)36)23(26,27)28)35(21(37)39-3)12-14-8-16(24(29,30)31)10-17(9-14)25(32,33)34/h5-6,8-11,13,19H,4,7,12H2,1-3H3/t13-,19+/m0/s1. The maximum atomic E-state index is 13.5. The highest BCUT2D eigenvalue weighted by Crippen LogP contribution is 2.45. The average Bonchev–Trinajstić information content (AvgIpc) is 2.84. The molecule has 40 heavy (non-hydrogen) atoms. The lowest BCUT2D eigenvalue weighted by Gasteiger charge is -2.42. The van der Waals surface area contributed by atoms with Crippen molar-refractivity contribution in [3.05, 3.63) is 64.2 Å². The van der Waals surface area contributed by atoms with Gasteiger partial charge in [0.1, 0.15) is 0 Å². The monoisotopic (exact) mass is 586 g/mol. The Morgan fingerprint density at radius 3 is 1.93 bits per heavy atom. The summed E-state index contributed by atoms with van der Waals surface area (Å²) in [5.41, 5.74) is -5.21. The van der Waals surface area contributed by atoms with E-state index in [0.717, 1.165) is 23.0 Å². The van der Waals surface area contributed by atoms with Crippen LogP contribution < -0.4 is 4.90 Å². The summed E-state index contributed by atoms with van der Waals surface area (Å²) < 4.78 is 131. The predicted molar refractivity (Wildman–Crippen MR) is 122 cm³/mol. The zero-order valence-corrected chi connectivity index (χ0v) is 21.2. The number of nitrogens with zero attached hydrogens (tertiary/aromatic N) is 2. The van der Waals surface area contributed by atoms with Gasteiger partial charge in [-0.15, -0.1) is 0 Å². The number of halogens is 9. The summed E-state index contributed by atoms with van der Waals surface area (Å²) in [5.74, 6) is 0. The average molecular weight is 586 g/mol. The molecule has 1 heterocycles. The van der Waals surface area contributed by atoms with Gasteiger partial charge in [0.2, 0.25) is 0 Å². The number of alkyl halides is 9. The molecule has 0 saturated carbocycles. The summed E-state index contributed by atoms with van der Waals surface area (Å²) in [7, 11) is 0.924. The van der Waals surface area contributed by atoms with E-state index in [1.807, 2.05) is 0 Å². The molecule has 0 aliphatic carbocycles. The third-order valence-corrected chi connectivity index (χ3v) is 6.23. The Kier molecular flexibility index (Phi) is 8.56. The van der Waals surface area contributed by atoms with Gasteiger partial charge in [0, 0.05) is 12.6 Å². The third-order valence-electron chi connectivity index (χ3n) is 6.23. The van der Waals surface area contributed by atoms with Gasteiger partial charge in [-0.1, -0.05) is 6.07 Å². The molecule has 0 N–H and O–H groups in total. The first kappa shape index (κ1) is 30.9. The number of ether oxygens (including phenoxy) is 2. The van der Waals surface area contributed by atoms with Gasteiger partial charge in [0.25, 0.3) is 0 Å². The largest absolute Gasteiger partial charge is 0.453 e. The number of rotatable bonds is 4. The van der Waals surface area contributed by atoms with Crippen molar-refractivity contribution >= 4 is 17.9 Å². The second-order valence-corrected chi connectivity index (χ2v) is 8.95. The molecule has 0 unspecified atom stereocenters. The second-order valence-electron chi connectivity index (χ2n) is 8.95. The minimum Gasteiger partial charge on any atom is -0.453 e. The first-order chi connectivity index (χ1) is 18.4. The van der Waals surface area contributed by atoms with Crippen LogP contribution in [-0.2, 0) is 34.5 Å². The smallest absolute Gasteiger partial charge is 0.416 e. The molecule has 0 fully saturated rings. The van der Waals surface area contributed by atoms with Gasteiger partial charge in [0.05, 0.1) is 42.1 Å². The van der Waals surface area contributed by atoms with Crippen LogP contribution in [0.15, 0.2) is 36.4 Å². The highest BCUT2D eigenvalue weighted by molar-refractivity contribution is 5.90. The maximum absolute atomic E-state index is 13.5. The number of amides is 2. The number of fused-ring (bicyclic) bond motifs is 1. The number of benzene rings is 2. The van der Waals surface area contributed by atoms with Crippen molar-refractivity contribution in [1.29, 1.82) is 0 Å². The van der Waals surface area contributed by atoms with Crippen LogP contribution in [0, 0.1) is 0 Å². The van der Waals surface area contributed by atoms with Gasteiger partial charge >= 0.3 is 30.7 Å². The molecule has 0 radical (unpaired) electrons. The fourth-order valence-electron chi connectivity index (χ4n) is 4.50.